The second kappa shape index (κ2) is 8.55. The van der Waals surface area contributed by atoms with E-state index in [4.69, 9.17) is 17.3 Å². The van der Waals surface area contributed by atoms with Crippen LogP contribution in [0.5, 0.6) is 0 Å². The lowest BCUT2D eigenvalue weighted by atomic mass is 9.78. The lowest BCUT2D eigenvalue weighted by Crippen LogP contribution is -2.42. The van der Waals surface area contributed by atoms with Crippen molar-refractivity contribution in [2.75, 3.05) is 41.7 Å². The normalized spacial score (nSPS) is 18.0. The van der Waals surface area contributed by atoms with Gasteiger partial charge in [-0.2, -0.15) is 0 Å². The number of para-hydroxylation sites is 1. The van der Waals surface area contributed by atoms with Crippen LogP contribution >= 0.6 is 23.4 Å². The van der Waals surface area contributed by atoms with Crippen LogP contribution in [0.1, 0.15) is 19.3 Å². The van der Waals surface area contributed by atoms with Gasteiger partial charge in [-0.1, -0.05) is 41.6 Å². The fourth-order valence-electron chi connectivity index (χ4n) is 4.57. The number of nitrogen functional groups attached to an aromatic ring is 1. The zero-order valence-corrected chi connectivity index (χ0v) is 18.8. The van der Waals surface area contributed by atoms with E-state index < -0.39 is 0 Å². The van der Waals surface area contributed by atoms with Gasteiger partial charge in [-0.15, -0.1) is 0 Å². The number of benzene rings is 1. The molecule has 2 fully saturated rings. The Bertz CT molecular complexity index is 1040. The molecule has 31 heavy (non-hydrogen) atoms. The number of piperidine rings is 1. The topological polar surface area (TPSA) is 71.2 Å². The lowest BCUT2D eigenvalue weighted by Gasteiger charge is -2.39. The molecule has 2 aliphatic heterocycles. The Labute approximate surface area is 191 Å². The predicted molar refractivity (Wildman–Crippen MR) is 127 cm³/mol. The van der Waals surface area contributed by atoms with Gasteiger partial charge in [0.15, 0.2) is 0 Å². The van der Waals surface area contributed by atoms with Crippen LogP contribution in [-0.2, 0) is 0 Å². The van der Waals surface area contributed by atoms with E-state index in [1.165, 1.54) is 36.7 Å². The number of hydrogen-bond donors (Lipinski definition) is 1. The molecule has 0 radical (unpaired) electrons. The average Bonchev–Trinajstić information content (AvgIpc) is 3.22. The molecule has 4 heterocycles. The molecule has 0 amide bonds. The molecule has 0 unspecified atom stereocenters. The molecule has 5 rings (SSSR count). The van der Waals surface area contributed by atoms with Crippen LogP contribution in [0.15, 0.2) is 64.9 Å². The number of hydrogen-bond acceptors (Lipinski definition) is 7. The second-order valence-electron chi connectivity index (χ2n) is 8.32. The standard InChI is InChI=1S/C23H25ClN6S/c24-21-18(6-10-26-22(21)25)31-20-15-27-19(14-28-20)29-11-7-23(8-12-29)9-13-30(16-23)17-4-2-1-3-5-17/h1-6,10,14-15H,7-9,11-13,16H2,(H2,25,26). The predicted octanol–water partition coefficient (Wildman–Crippen LogP) is 4.76. The molecule has 1 aromatic carbocycles. The summed E-state index contributed by atoms with van der Waals surface area (Å²) < 4.78 is 0. The van der Waals surface area contributed by atoms with Crippen LogP contribution in [-0.4, -0.2) is 41.1 Å². The van der Waals surface area contributed by atoms with Gasteiger partial charge in [0.25, 0.3) is 0 Å². The maximum atomic E-state index is 6.24. The number of pyridine rings is 1. The summed E-state index contributed by atoms with van der Waals surface area (Å²) in [5, 5.41) is 1.25. The van der Waals surface area contributed by atoms with Crippen LogP contribution in [0.3, 0.4) is 0 Å². The minimum absolute atomic E-state index is 0.330. The maximum absolute atomic E-state index is 6.24. The molecule has 2 aromatic heterocycles. The fourth-order valence-corrected chi connectivity index (χ4v) is 5.56. The first kappa shape index (κ1) is 20.4. The minimum Gasteiger partial charge on any atom is -0.382 e. The van der Waals surface area contributed by atoms with E-state index in [-0.39, 0.29) is 0 Å². The molecule has 0 saturated carbocycles. The van der Waals surface area contributed by atoms with Gasteiger partial charge in [-0.05, 0) is 42.9 Å². The molecular weight excluding hydrogens is 428 g/mol. The number of nitrogens with two attached hydrogens (primary N) is 1. The first-order valence-corrected chi connectivity index (χ1v) is 11.8. The van der Waals surface area contributed by atoms with Gasteiger partial charge in [0.05, 0.1) is 17.4 Å². The molecule has 2 N–H and O–H groups in total. The van der Waals surface area contributed by atoms with Crippen molar-refractivity contribution in [3.8, 4) is 0 Å². The summed E-state index contributed by atoms with van der Waals surface area (Å²) in [5.74, 6) is 1.27. The molecular formula is C23H25ClN6S. The monoisotopic (exact) mass is 452 g/mol. The van der Waals surface area contributed by atoms with E-state index in [0.29, 0.717) is 16.3 Å². The highest BCUT2D eigenvalue weighted by Crippen LogP contribution is 2.42. The SMILES string of the molecule is Nc1nccc(Sc2cnc(N3CCC4(CCN(c5ccccc5)C4)CC3)cn2)c1Cl. The van der Waals surface area contributed by atoms with Crippen molar-refractivity contribution in [3.63, 3.8) is 0 Å². The van der Waals surface area contributed by atoms with Crippen LogP contribution in [0.25, 0.3) is 0 Å². The highest BCUT2D eigenvalue weighted by molar-refractivity contribution is 7.99. The van der Waals surface area contributed by atoms with Crippen LogP contribution in [0.2, 0.25) is 5.02 Å². The van der Waals surface area contributed by atoms with Crippen molar-refractivity contribution in [3.05, 3.63) is 60.0 Å². The number of aromatic nitrogens is 3. The minimum atomic E-state index is 0.330. The quantitative estimate of drug-likeness (QED) is 0.612. The van der Waals surface area contributed by atoms with E-state index >= 15 is 0 Å². The third kappa shape index (κ3) is 4.29. The Kier molecular flexibility index (Phi) is 5.63. The number of nitrogens with zero attached hydrogens (tertiary/aromatic N) is 5. The Hall–Kier alpha value is -2.51. The van der Waals surface area contributed by atoms with Crippen LogP contribution in [0.4, 0.5) is 17.3 Å². The zero-order chi connectivity index (χ0) is 21.3. The maximum Gasteiger partial charge on any atom is 0.147 e. The first-order chi connectivity index (χ1) is 15.1. The van der Waals surface area contributed by atoms with Gasteiger partial charge in [0, 0.05) is 43.0 Å². The van der Waals surface area contributed by atoms with Gasteiger partial charge in [-0.25, -0.2) is 15.0 Å². The molecule has 3 aromatic rings. The largest absolute Gasteiger partial charge is 0.382 e. The fraction of sp³-hybridized carbons (Fsp3) is 0.348. The third-order valence-electron chi connectivity index (χ3n) is 6.42. The Balaban J connectivity index is 1.20. The Morgan fingerprint density at radius 3 is 2.35 bits per heavy atom. The Morgan fingerprint density at radius 1 is 0.903 bits per heavy atom. The molecule has 2 saturated heterocycles. The molecule has 0 bridgehead atoms. The highest BCUT2D eigenvalue weighted by atomic mass is 35.5. The summed E-state index contributed by atoms with van der Waals surface area (Å²) in [7, 11) is 0. The Morgan fingerprint density at radius 2 is 1.65 bits per heavy atom. The molecule has 6 nitrogen and oxygen atoms in total. The third-order valence-corrected chi connectivity index (χ3v) is 7.91. The van der Waals surface area contributed by atoms with Crippen molar-refractivity contribution in [1.29, 1.82) is 0 Å². The highest BCUT2D eigenvalue weighted by Gasteiger charge is 2.40. The van der Waals surface area contributed by atoms with Gasteiger partial charge in [0.1, 0.15) is 16.7 Å². The van der Waals surface area contributed by atoms with Gasteiger partial charge >= 0.3 is 0 Å². The molecule has 1 spiro atoms. The number of halogens is 1. The summed E-state index contributed by atoms with van der Waals surface area (Å²) in [4.78, 5) is 19.0. The van der Waals surface area contributed by atoms with Gasteiger partial charge < -0.3 is 15.5 Å². The van der Waals surface area contributed by atoms with Crippen molar-refractivity contribution in [2.45, 2.75) is 29.2 Å². The smallest absolute Gasteiger partial charge is 0.147 e. The van der Waals surface area contributed by atoms with E-state index in [9.17, 15) is 0 Å². The van der Waals surface area contributed by atoms with Crippen molar-refractivity contribution >= 4 is 40.7 Å². The van der Waals surface area contributed by atoms with E-state index in [1.807, 2.05) is 18.5 Å². The van der Waals surface area contributed by atoms with Crippen molar-refractivity contribution in [1.82, 2.24) is 15.0 Å². The van der Waals surface area contributed by atoms with Crippen LogP contribution in [0, 0.1) is 5.41 Å². The van der Waals surface area contributed by atoms with Gasteiger partial charge in [0.2, 0.25) is 0 Å². The van der Waals surface area contributed by atoms with Crippen molar-refractivity contribution < 1.29 is 0 Å². The molecule has 0 atom stereocenters. The molecule has 0 aliphatic carbocycles. The van der Waals surface area contributed by atoms with E-state index in [2.05, 4.69) is 55.1 Å². The van der Waals surface area contributed by atoms with E-state index in [0.717, 1.165) is 41.9 Å². The van der Waals surface area contributed by atoms with Crippen LogP contribution < -0.4 is 15.5 Å². The molecule has 160 valence electrons. The number of rotatable bonds is 4. The first-order valence-electron chi connectivity index (χ1n) is 10.6. The summed E-state index contributed by atoms with van der Waals surface area (Å²) in [6, 6.07) is 12.6. The van der Waals surface area contributed by atoms with Gasteiger partial charge in [-0.3, -0.25) is 0 Å². The summed E-state index contributed by atoms with van der Waals surface area (Å²) in [5.41, 5.74) is 7.55. The zero-order valence-electron chi connectivity index (χ0n) is 17.2. The molecule has 8 heteroatoms. The summed E-state index contributed by atoms with van der Waals surface area (Å²) in [6.45, 7) is 4.35. The van der Waals surface area contributed by atoms with Crippen molar-refractivity contribution in [2.24, 2.45) is 5.41 Å². The average molecular weight is 453 g/mol. The summed E-state index contributed by atoms with van der Waals surface area (Å²) >= 11 is 7.68. The van der Waals surface area contributed by atoms with E-state index in [1.54, 1.807) is 6.20 Å². The molecule has 2 aliphatic rings. The summed E-state index contributed by atoms with van der Waals surface area (Å²) in [6.07, 6.45) is 8.98. The second-order valence-corrected chi connectivity index (χ2v) is 9.76. The number of anilines is 3. The lowest BCUT2D eigenvalue weighted by molar-refractivity contribution is 0.250.